The number of benzene rings is 1. The van der Waals surface area contributed by atoms with Crippen molar-refractivity contribution in [3.63, 3.8) is 0 Å². The molecule has 0 radical (unpaired) electrons. The highest BCUT2D eigenvalue weighted by atomic mass is 19.1. The molecule has 84 valence electrons. The third-order valence-corrected chi connectivity index (χ3v) is 2.62. The second-order valence-electron chi connectivity index (χ2n) is 3.81. The summed E-state index contributed by atoms with van der Waals surface area (Å²) in [4.78, 5) is 0. The quantitative estimate of drug-likeness (QED) is 0.758. The maximum atomic E-state index is 13.6. The number of hydrogen-bond acceptors (Lipinski definition) is 1. The summed E-state index contributed by atoms with van der Waals surface area (Å²) in [5, 5.41) is 3.29. The fourth-order valence-electron chi connectivity index (χ4n) is 1.84. The maximum Gasteiger partial charge on any atom is 0.126 e. The van der Waals surface area contributed by atoms with Crippen LogP contribution in [0.25, 0.3) is 0 Å². The lowest BCUT2D eigenvalue weighted by molar-refractivity contribution is 0.519. The molecule has 0 bridgehead atoms. The first kappa shape index (κ1) is 12.2. The number of nitrogens with one attached hydrogen (secondary N) is 1. The van der Waals surface area contributed by atoms with Crippen LogP contribution in [0.15, 0.2) is 24.3 Å². The summed E-state index contributed by atoms with van der Waals surface area (Å²) >= 11 is 0. The van der Waals surface area contributed by atoms with Crippen LogP contribution in [-0.2, 0) is 0 Å². The van der Waals surface area contributed by atoms with Gasteiger partial charge in [0.2, 0.25) is 0 Å². The number of hydrogen-bond donors (Lipinski definition) is 1. The normalized spacial score (nSPS) is 12.7. The number of rotatable bonds is 6. The molecular weight excluding hydrogens is 189 g/mol. The zero-order valence-electron chi connectivity index (χ0n) is 9.59. The highest BCUT2D eigenvalue weighted by Gasteiger charge is 2.13. The van der Waals surface area contributed by atoms with E-state index in [-0.39, 0.29) is 5.82 Å². The molecule has 0 amide bonds. The minimum atomic E-state index is -0.0751. The van der Waals surface area contributed by atoms with Crippen molar-refractivity contribution in [3.8, 4) is 0 Å². The van der Waals surface area contributed by atoms with Gasteiger partial charge in [-0.05, 0) is 30.5 Å². The van der Waals surface area contributed by atoms with Crippen molar-refractivity contribution in [2.45, 2.75) is 32.6 Å². The molecule has 1 aromatic rings. The Balaban J connectivity index is 2.74. The fraction of sp³-hybridized carbons (Fsp3) is 0.538. The monoisotopic (exact) mass is 209 g/mol. The molecule has 0 aliphatic heterocycles. The smallest absolute Gasteiger partial charge is 0.126 e. The lowest BCUT2D eigenvalue weighted by atomic mass is 9.94. The Bertz CT molecular complexity index is 286. The van der Waals surface area contributed by atoms with E-state index in [0.717, 1.165) is 31.5 Å². The van der Waals surface area contributed by atoms with Gasteiger partial charge in [-0.15, -0.1) is 0 Å². The number of likely N-dealkylation sites (N-methyl/N-ethyl adjacent to an activating group) is 1. The summed E-state index contributed by atoms with van der Waals surface area (Å²) in [6, 6.07) is 7.10. The van der Waals surface area contributed by atoms with E-state index in [1.807, 2.05) is 12.1 Å². The minimum Gasteiger partial charge on any atom is -0.316 e. The van der Waals surface area contributed by atoms with E-state index < -0.39 is 0 Å². The standard InChI is InChI=1S/C13H20FN/c1-3-7-11(10-15-4-2)12-8-5-6-9-13(12)14/h5-6,8-9,11,15H,3-4,7,10H2,1-2H3. The van der Waals surface area contributed by atoms with Crippen LogP contribution in [0, 0.1) is 5.82 Å². The van der Waals surface area contributed by atoms with E-state index >= 15 is 0 Å². The lowest BCUT2D eigenvalue weighted by Gasteiger charge is -2.17. The molecule has 0 aromatic heterocycles. The van der Waals surface area contributed by atoms with Crippen LogP contribution in [0.5, 0.6) is 0 Å². The van der Waals surface area contributed by atoms with Gasteiger partial charge in [-0.2, -0.15) is 0 Å². The van der Waals surface area contributed by atoms with Crippen LogP contribution < -0.4 is 5.32 Å². The second-order valence-corrected chi connectivity index (χ2v) is 3.81. The second kappa shape index (κ2) is 6.57. The fourth-order valence-corrected chi connectivity index (χ4v) is 1.84. The Morgan fingerprint density at radius 3 is 2.60 bits per heavy atom. The summed E-state index contributed by atoms with van der Waals surface area (Å²) in [5.41, 5.74) is 0.848. The van der Waals surface area contributed by atoms with Gasteiger partial charge in [0.15, 0.2) is 0 Å². The zero-order chi connectivity index (χ0) is 11.1. The molecule has 15 heavy (non-hydrogen) atoms. The molecule has 1 N–H and O–H groups in total. The Kier molecular flexibility index (Phi) is 5.33. The zero-order valence-corrected chi connectivity index (χ0v) is 9.59. The van der Waals surface area contributed by atoms with Crippen LogP contribution in [0.3, 0.4) is 0 Å². The average Bonchev–Trinajstić information content (AvgIpc) is 2.25. The van der Waals surface area contributed by atoms with Crippen LogP contribution >= 0.6 is 0 Å². The van der Waals surface area contributed by atoms with Crippen molar-refractivity contribution >= 4 is 0 Å². The molecule has 0 heterocycles. The molecule has 0 aliphatic rings. The topological polar surface area (TPSA) is 12.0 Å². The first-order valence-electron chi connectivity index (χ1n) is 5.74. The summed E-state index contributed by atoms with van der Waals surface area (Å²) < 4.78 is 13.6. The number of halogens is 1. The third-order valence-electron chi connectivity index (χ3n) is 2.62. The SMILES string of the molecule is CCCC(CNCC)c1ccccc1F. The molecule has 0 saturated heterocycles. The summed E-state index contributed by atoms with van der Waals surface area (Å²) in [7, 11) is 0. The predicted octanol–water partition coefficient (Wildman–Crippen LogP) is 3.32. The van der Waals surface area contributed by atoms with Crippen LogP contribution in [0.4, 0.5) is 4.39 Å². The van der Waals surface area contributed by atoms with E-state index in [1.54, 1.807) is 12.1 Å². The molecule has 2 heteroatoms. The van der Waals surface area contributed by atoms with Gasteiger partial charge in [-0.3, -0.25) is 0 Å². The molecule has 1 nitrogen and oxygen atoms in total. The highest BCUT2D eigenvalue weighted by molar-refractivity contribution is 5.22. The molecule has 0 fully saturated rings. The first-order chi connectivity index (χ1) is 7.29. The van der Waals surface area contributed by atoms with Gasteiger partial charge in [0.1, 0.15) is 5.82 Å². The van der Waals surface area contributed by atoms with Crippen LogP contribution in [-0.4, -0.2) is 13.1 Å². The van der Waals surface area contributed by atoms with Crippen molar-refractivity contribution in [2.24, 2.45) is 0 Å². The predicted molar refractivity (Wildman–Crippen MR) is 62.6 cm³/mol. The molecular formula is C13H20FN. The van der Waals surface area contributed by atoms with Crippen LogP contribution in [0.1, 0.15) is 38.2 Å². The summed E-state index contributed by atoms with van der Waals surface area (Å²) in [5.74, 6) is 0.227. The lowest BCUT2D eigenvalue weighted by Crippen LogP contribution is -2.21. The highest BCUT2D eigenvalue weighted by Crippen LogP contribution is 2.22. The summed E-state index contributed by atoms with van der Waals surface area (Å²) in [6.45, 7) is 6.02. The summed E-state index contributed by atoms with van der Waals surface area (Å²) in [6.07, 6.45) is 2.12. The Morgan fingerprint density at radius 2 is 2.00 bits per heavy atom. The molecule has 1 rings (SSSR count). The van der Waals surface area contributed by atoms with Gasteiger partial charge in [0.25, 0.3) is 0 Å². The van der Waals surface area contributed by atoms with Gasteiger partial charge in [0, 0.05) is 6.54 Å². The third kappa shape index (κ3) is 3.63. The van der Waals surface area contributed by atoms with E-state index in [2.05, 4.69) is 19.2 Å². The molecule has 0 spiro atoms. The van der Waals surface area contributed by atoms with E-state index in [9.17, 15) is 4.39 Å². The Labute approximate surface area is 91.7 Å². The first-order valence-corrected chi connectivity index (χ1v) is 5.74. The van der Waals surface area contributed by atoms with Gasteiger partial charge < -0.3 is 5.32 Å². The molecule has 1 unspecified atom stereocenters. The van der Waals surface area contributed by atoms with Gasteiger partial charge in [-0.1, -0.05) is 38.5 Å². The Morgan fingerprint density at radius 1 is 1.27 bits per heavy atom. The molecule has 0 saturated carbocycles. The Hall–Kier alpha value is -0.890. The minimum absolute atomic E-state index is 0.0751. The molecule has 0 aliphatic carbocycles. The van der Waals surface area contributed by atoms with Gasteiger partial charge in [-0.25, -0.2) is 4.39 Å². The van der Waals surface area contributed by atoms with E-state index in [0.29, 0.717) is 5.92 Å². The van der Waals surface area contributed by atoms with Crippen molar-refractivity contribution in [1.82, 2.24) is 5.32 Å². The van der Waals surface area contributed by atoms with Gasteiger partial charge >= 0.3 is 0 Å². The van der Waals surface area contributed by atoms with Crippen LogP contribution in [0.2, 0.25) is 0 Å². The van der Waals surface area contributed by atoms with E-state index in [1.165, 1.54) is 0 Å². The van der Waals surface area contributed by atoms with Crippen molar-refractivity contribution in [1.29, 1.82) is 0 Å². The van der Waals surface area contributed by atoms with Crippen molar-refractivity contribution < 1.29 is 4.39 Å². The van der Waals surface area contributed by atoms with E-state index in [4.69, 9.17) is 0 Å². The van der Waals surface area contributed by atoms with Crippen molar-refractivity contribution in [3.05, 3.63) is 35.6 Å². The maximum absolute atomic E-state index is 13.6. The largest absolute Gasteiger partial charge is 0.316 e. The molecule has 1 aromatic carbocycles. The molecule has 1 atom stereocenters. The van der Waals surface area contributed by atoms with Crippen molar-refractivity contribution in [2.75, 3.05) is 13.1 Å². The average molecular weight is 209 g/mol. The van der Waals surface area contributed by atoms with Gasteiger partial charge in [0.05, 0.1) is 0 Å².